The predicted molar refractivity (Wildman–Crippen MR) is 81.2 cm³/mol. The fourth-order valence-electron chi connectivity index (χ4n) is 3.66. The molecule has 1 unspecified atom stereocenters. The van der Waals surface area contributed by atoms with Crippen LogP contribution in [0.2, 0.25) is 13.6 Å². The summed E-state index contributed by atoms with van der Waals surface area (Å²) in [5.41, 5.74) is -0.0142. The van der Waals surface area contributed by atoms with Crippen LogP contribution in [0, 0.1) is 0 Å². The summed E-state index contributed by atoms with van der Waals surface area (Å²) in [6.45, 7) is 13.3. The van der Waals surface area contributed by atoms with Crippen LogP contribution in [-0.2, 0) is 5.54 Å². The fourth-order valence-corrected chi connectivity index (χ4v) is 3.66. The van der Waals surface area contributed by atoms with Gasteiger partial charge in [-0.05, 0) is 32.9 Å². The molecule has 0 bridgehead atoms. The van der Waals surface area contributed by atoms with Gasteiger partial charge in [0, 0.05) is 0 Å². The molecular weight excluding hydrogens is 236 g/mol. The zero-order valence-corrected chi connectivity index (χ0v) is 12.6. The van der Waals surface area contributed by atoms with Crippen molar-refractivity contribution in [1.29, 1.82) is 0 Å². The van der Waals surface area contributed by atoms with Crippen molar-refractivity contribution < 1.29 is 0 Å². The number of hydrogen-bond acceptors (Lipinski definition) is 4. The van der Waals surface area contributed by atoms with E-state index in [-0.39, 0.29) is 5.54 Å². The number of aromatic nitrogens is 2. The maximum Gasteiger partial charge on any atom is 0.331 e. The molecule has 1 N–H and O–H groups in total. The second-order valence-electron chi connectivity index (χ2n) is 6.28. The minimum Gasteiger partial charge on any atom is -0.370 e. The van der Waals surface area contributed by atoms with E-state index in [1.165, 1.54) is 12.2 Å². The van der Waals surface area contributed by atoms with Gasteiger partial charge in [0.15, 0.2) is 0 Å². The zero-order chi connectivity index (χ0) is 13.8. The van der Waals surface area contributed by atoms with E-state index in [1.807, 2.05) is 6.20 Å². The van der Waals surface area contributed by atoms with E-state index >= 15 is 0 Å². The number of anilines is 1. The Hall–Kier alpha value is -0.940. The van der Waals surface area contributed by atoms with Crippen molar-refractivity contribution in [2.45, 2.75) is 52.5 Å². The first-order chi connectivity index (χ1) is 8.98. The van der Waals surface area contributed by atoms with Gasteiger partial charge in [-0.2, -0.15) is 5.10 Å². The summed E-state index contributed by atoms with van der Waals surface area (Å²) in [7, 11) is 0. The molecule has 2 aliphatic heterocycles. The van der Waals surface area contributed by atoms with E-state index in [1.54, 1.807) is 0 Å². The van der Waals surface area contributed by atoms with Gasteiger partial charge in [0.25, 0.3) is 6.98 Å². The van der Waals surface area contributed by atoms with Crippen LogP contribution in [0.3, 0.4) is 0 Å². The zero-order valence-electron chi connectivity index (χ0n) is 12.6. The molecule has 19 heavy (non-hydrogen) atoms. The van der Waals surface area contributed by atoms with Crippen molar-refractivity contribution in [2.75, 3.05) is 11.4 Å². The quantitative estimate of drug-likeness (QED) is 0.812. The Morgan fingerprint density at radius 2 is 2.16 bits per heavy atom. The first-order valence-corrected chi connectivity index (χ1v) is 7.33. The lowest BCUT2D eigenvalue weighted by atomic mass is 9.57. The summed E-state index contributed by atoms with van der Waals surface area (Å²) < 4.78 is 4.68. The molecule has 102 valence electrons. The van der Waals surface area contributed by atoms with Crippen LogP contribution in [0.15, 0.2) is 12.3 Å². The first-order valence-electron chi connectivity index (χ1n) is 7.33. The van der Waals surface area contributed by atoms with Gasteiger partial charge in [-0.25, -0.2) is 4.68 Å². The van der Waals surface area contributed by atoms with Crippen LogP contribution in [-0.4, -0.2) is 41.2 Å². The van der Waals surface area contributed by atoms with E-state index < -0.39 is 0 Å². The van der Waals surface area contributed by atoms with Crippen molar-refractivity contribution in [1.82, 2.24) is 19.7 Å². The van der Waals surface area contributed by atoms with Gasteiger partial charge in [0.2, 0.25) is 0 Å². The highest BCUT2D eigenvalue weighted by Crippen LogP contribution is 2.39. The largest absolute Gasteiger partial charge is 0.370 e. The maximum absolute atomic E-state index is 4.52. The molecule has 0 saturated carbocycles. The highest BCUT2D eigenvalue weighted by Gasteiger charge is 2.53. The van der Waals surface area contributed by atoms with Crippen molar-refractivity contribution >= 4 is 19.8 Å². The van der Waals surface area contributed by atoms with Crippen LogP contribution in [0.1, 0.15) is 27.2 Å². The van der Waals surface area contributed by atoms with E-state index in [0.717, 1.165) is 6.54 Å². The van der Waals surface area contributed by atoms with Gasteiger partial charge >= 0.3 is 6.98 Å². The third-order valence-corrected chi connectivity index (χ3v) is 4.64. The summed E-state index contributed by atoms with van der Waals surface area (Å²) in [4.78, 5) is 2.47. The van der Waals surface area contributed by atoms with Crippen molar-refractivity contribution in [3.63, 3.8) is 0 Å². The van der Waals surface area contributed by atoms with E-state index in [2.05, 4.69) is 65.0 Å². The molecular formula is C12H23B2N5. The summed E-state index contributed by atoms with van der Waals surface area (Å²) >= 11 is 0. The molecule has 0 aliphatic carbocycles. The molecule has 0 amide bonds. The van der Waals surface area contributed by atoms with Gasteiger partial charge in [-0.1, -0.05) is 20.6 Å². The van der Waals surface area contributed by atoms with Crippen LogP contribution in [0.4, 0.5) is 5.82 Å². The Kier molecular flexibility index (Phi) is 2.94. The van der Waals surface area contributed by atoms with Gasteiger partial charge < -0.3 is 14.8 Å². The molecule has 0 aromatic carbocycles. The van der Waals surface area contributed by atoms with E-state index in [9.17, 15) is 0 Å². The van der Waals surface area contributed by atoms with Gasteiger partial charge in [0.1, 0.15) is 5.82 Å². The van der Waals surface area contributed by atoms with Crippen LogP contribution in [0.25, 0.3) is 0 Å². The summed E-state index contributed by atoms with van der Waals surface area (Å²) in [5, 5.41) is 8.28. The van der Waals surface area contributed by atoms with E-state index in [0.29, 0.717) is 20.1 Å². The molecule has 7 heteroatoms. The average molecular weight is 259 g/mol. The molecule has 2 aliphatic rings. The number of fused-ring (bicyclic) bond motifs is 3. The SMILES string of the molecule is CCCN1B(C)NC2N(B1C)c1ccnn1C2(C)C. The molecule has 0 radical (unpaired) electrons. The molecule has 1 aromatic heterocycles. The fraction of sp³-hybridized carbons (Fsp3) is 0.750. The Morgan fingerprint density at radius 3 is 2.84 bits per heavy atom. The number of nitrogens with one attached hydrogen (secondary N) is 1. The van der Waals surface area contributed by atoms with Crippen molar-refractivity contribution in [3.05, 3.63) is 12.3 Å². The molecule has 5 nitrogen and oxygen atoms in total. The third-order valence-electron chi connectivity index (χ3n) is 4.64. The lowest BCUT2D eigenvalue weighted by Crippen LogP contribution is -2.74. The van der Waals surface area contributed by atoms with Crippen molar-refractivity contribution in [2.24, 2.45) is 0 Å². The van der Waals surface area contributed by atoms with Crippen molar-refractivity contribution in [3.8, 4) is 0 Å². The molecule has 1 saturated heterocycles. The molecule has 3 rings (SSSR count). The van der Waals surface area contributed by atoms with Crippen LogP contribution >= 0.6 is 0 Å². The topological polar surface area (TPSA) is 36.3 Å². The number of nitrogens with zero attached hydrogens (tertiary/aromatic N) is 4. The average Bonchev–Trinajstić information content (AvgIpc) is 2.89. The Bertz CT molecular complexity index is 474. The Balaban J connectivity index is 2.00. The lowest BCUT2D eigenvalue weighted by Gasteiger charge is -2.48. The molecule has 1 fully saturated rings. The molecule has 3 heterocycles. The number of hydrogen-bond donors (Lipinski definition) is 1. The summed E-state index contributed by atoms with van der Waals surface area (Å²) in [5.74, 6) is 1.23. The summed E-state index contributed by atoms with van der Waals surface area (Å²) in [6, 6.07) is 2.13. The highest BCUT2D eigenvalue weighted by atomic mass is 15.5. The number of rotatable bonds is 2. The second-order valence-corrected chi connectivity index (χ2v) is 6.28. The van der Waals surface area contributed by atoms with E-state index in [4.69, 9.17) is 0 Å². The lowest BCUT2D eigenvalue weighted by molar-refractivity contribution is 0.280. The van der Waals surface area contributed by atoms with Crippen LogP contribution in [0.5, 0.6) is 0 Å². The van der Waals surface area contributed by atoms with Gasteiger partial charge in [-0.15, -0.1) is 0 Å². The second kappa shape index (κ2) is 4.28. The molecule has 0 spiro atoms. The van der Waals surface area contributed by atoms with Gasteiger partial charge in [-0.3, -0.25) is 0 Å². The third kappa shape index (κ3) is 1.68. The monoisotopic (exact) mass is 259 g/mol. The molecule has 1 atom stereocenters. The predicted octanol–water partition coefficient (Wildman–Crippen LogP) is 1.32. The molecule has 1 aromatic rings. The first kappa shape index (κ1) is 13.1. The smallest absolute Gasteiger partial charge is 0.331 e. The minimum atomic E-state index is -0.0142. The van der Waals surface area contributed by atoms with Gasteiger partial charge in [0.05, 0.1) is 17.9 Å². The maximum atomic E-state index is 4.52. The Labute approximate surface area is 116 Å². The normalized spacial score (nSPS) is 25.7. The summed E-state index contributed by atoms with van der Waals surface area (Å²) in [6.07, 6.45) is 3.40. The standard InChI is InChI=1S/C12H23B2N5/c1-6-9-17-13(4)16-11-12(2,3)19-10(7-8-15-19)18(11)14(17)5/h7-8,11,16H,6,9H2,1-5H3. The van der Waals surface area contributed by atoms with Crippen LogP contribution < -0.4 is 10.0 Å². The minimum absolute atomic E-state index is 0.0142. The highest BCUT2D eigenvalue weighted by molar-refractivity contribution is 6.74. The Morgan fingerprint density at radius 1 is 1.42 bits per heavy atom.